The minimum absolute atomic E-state index is 0.162. The van der Waals surface area contributed by atoms with Crippen molar-refractivity contribution >= 4 is 27.3 Å². The van der Waals surface area contributed by atoms with Gasteiger partial charge in [-0.15, -0.1) is 11.3 Å². The van der Waals surface area contributed by atoms with Crippen LogP contribution in [0.25, 0.3) is 0 Å². The van der Waals surface area contributed by atoms with Crippen LogP contribution in [0.2, 0.25) is 0 Å². The van der Waals surface area contributed by atoms with E-state index in [9.17, 15) is 0 Å². The van der Waals surface area contributed by atoms with E-state index in [2.05, 4.69) is 60.2 Å². The number of hydrogen-bond donors (Lipinski definition) is 1. The van der Waals surface area contributed by atoms with E-state index < -0.39 is 0 Å². The summed E-state index contributed by atoms with van der Waals surface area (Å²) >= 11 is 5.41. The molecule has 0 aromatic carbocycles. The van der Waals surface area contributed by atoms with Gasteiger partial charge in [0.2, 0.25) is 0 Å². The average Bonchev–Trinajstić information content (AvgIpc) is 2.98. The van der Waals surface area contributed by atoms with Gasteiger partial charge in [0.05, 0.1) is 0 Å². The van der Waals surface area contributed by atoms with Gasteiger partial charge in [-0.2, -0.15) is 0 Å². The first-order chi connectivity index (χ1) is 9.15. The van der Waals surface area contributed by atoms with Crippen molar-refractivity contribution in [2.75, 3.05) is 6.54 Å². The molecule has 0 aliphatic carbocycles. The lowest BCUT2D eigenvalue weighted by Crippen LogP contribution is -2.21. The van der Waals surface area contributed by atoms with Gasteiger partial charge in [-0.3, -0.25) is 0 Å². The van der Waals surface area contributed by atoms with Crippen molar-refractivity contribution in [2.24, 2.45) is 0 Å². The molecule has 0 aliphatic rings. The van der Waals surface area contributed by atoms with E-state index >= 15 is 0 Å². The quantitative estimate of drug-likeness (QED) is 0.793. The Kier molecular flexibility index (Phi) is 5.25. The minimum atomic E-state index is 0.162. The van der Waals surface area contributed by atoms with Crippen LogP contribution < -0.4 is 5.32 Å². The van der Waals surface area contributed by atoms with E-state index in [0.29, 0.717) is 0 Å². The lowest BCUT2D eigenvalue weighted by Gasteiger charge is -2.14. The normalized spacial score (nSPS) is 12.8. The van der Waals surface area contributed by atoms with E-state index in [4.69, 9.17) is 4.42 Å². The highest BCUT2D eigenvalue weighted by molar-refractivity contribution is 9.10. The fourth-order valence-corrected chi connectivity index (χ4v) is 3.64. The SMILES string of the molecule is CCCNC(c1ccc(CC)o1)c1cc(Br)c(C)s1. The lowest BCUT2D eigenvalue weighted by atomic mass is 10.2. The van der Waals surface area contributed by atoms with Crippen molar-refractivity contribution in [2.45, 2.75) is 39.7 Å². The number of rotatable bonds is 6. The Morgan fingerprint density at radius 2 is 2.16 bits per heavy atom. The second-order valence-electron chi connectivity index (χ2n) is 4.60. The largest absolute Gasteiger partial charge is 0.464 e. The summed E-state index contributed by atoms with van der Waals surface area (Å²) in [6.07, 6.45) is 2.05. The summed E-state index contributed by atoms with van der Waals surface area (Å²) in [5.41, 5.74) is 0. The molecule has 2 rings (SSSR count). The van der Waals surface area contributed by atoms with E-state index in [-0.39, 0.29) is 6.04 Å². The van der Waals surface area contributed by atoms with Crippen LogP contribution in [0.15, 0.2) is 27.1 Å². The van der Waals surface area contributed by atoms with Crippen LogP contribution in [0.1, 0.15) is 47.6 Å². The molecule has 1 N–H and O–H groups in total. The zero-order chi connectivity index (χ0) is 13.8. The summed E-state index contributed by atoms with van der Waals surface area (Å²) in [6, 6.07) is 6.53. The summed E-state index contributed by atoms with van der Waals surface area (Å²) in [4.78, 5) is 2.61. The average molecular weight is 342 g/mol. The molecular formula is C15H20BrNOS. The van der Waals surface area contributed by atoms with Crippen LogP contribution >= 0.6 is 27.3 Å². The summed E-state index contributed by atoms with van der Waals surface area (Å²) in [7, 11) is 0. The maximum Gasteiger partial charge on any atom is 0.126 e. The smallest absolute Gasteiger partial charge is 0.126 e. The third kappa shape index (κ3) is 3.50. The molecule has 0 spiro atoms. The maximum atomic E-state index is 5.92. The van der Waals surface area contributed by atoms with Crippen molar-refractivity contribution in [1.29, 1.82) is 0 Å². The van der Waals surface area contributed by atoms with Crippen LogP contribution in [0.3, 0.4) is 0 Å². The highest BCUT2D eigenvalue weighted by Crippen LogP contribution is 2.34. The van der Waals surface area contributed by atoms with Crippen LogP contribution in [0.5, 0.6) is 0 Å². The van der Waals surface area contributed by atoms with Gasteiger partial charge >= 0.3 is 0 Å². The molecule has 2 aromatic rings. The van der Waals surface area contributed by atoms with Gasteiger partial charge < -0.3 is 9.73 Å². The first-order valence-corrected chi connectivity index (χ1v) is 8.34. The fourth-order valence-electron chi connectivity index (χ4n) is 1.99. The third-order valence-corrected chi connectivity index (χ3v) is 5.28. The number of halogens is 1. The summed E-state index contributed by atoms with van der Waals surface area (Å²) in [5, 5.41) is 3.58. The number of hydrogen-bond acceptors (Lipinski definition) is 3. The number of nitrogens with one attached hydrogen (secondary N) is 1. The second kappa shape index (κ2) is 6.73. The molecule has 104 valence electrons. The maximum absolute atomic E-state index is 5.92. The number of furan rings is 1. The van der Waals surface area contributed by atoms with Gasteiger partial charge in [-0.05, 0) is 54.0 Å². The van der Waals surface area contributed by atoms with E-state index in [0.717, 1.165) is 30.9 Å². The minimum Gasteiger partial charge on any atom is -0.464 e. The number of aryl methyl sites for hydroxylation is 2. The van der Waals surface area contributed by atoms with E-state index in [1.807, 2.05) is 11.3 Å². The van der Waals surface area contributed by atoms with Crippen molar-refractivity contribution in [3.05, 3.63) is 43.9 Å². The molecule has 0 amide bonds. The molecule has 0 fully saturated rings. The van der Waals surface area contributed by atoms with Crippen molar-refractivity contribution in [3.63, 3.8) is 0 Å². The van der Waals surface area contributed by atoms with Gasteiger partial charge in [-0.25, -0.2) is 0 Å². The molecule has 0 saturated carbocycles. The molecule has 0 aliphatic heterocycles. The van der Waals surface area contributed by atoms with Crippen molar-refractivity contribution in [3.8, 4) is 0 Å². The Labute approximate surface area is 127 Å². The van der Waals surface area contributed by atoms with E-state index in [1.54, 1.807) is 0 Å². The van der Waals surface area contributed by atoms with Crippen LogP contribution in [0.4, 0.5) is 0 Å². The monoisotopic (exact) mass is 341 g/mol. The molecule has 4 heteroatoms. The highest BCUT2D eigenvalue weighted by atomic mass is 79.9. The van der Waals surface area contributed by atoms with Gasteiger partial charge in [0, 0.05) is 20.6 Å². The molecule has 2 nitrogen and oxygen atoms in total. The molecular weight excluding hydrogens is 322 g/mol. The second-order valence-corrected chi connectivity index (χ2v) is 6.74. The predicted molar refractivity (Wildman–Crippen MR) is 85.0 cm³/mol. The van der Waals surface area contributed by atoms with Gasteiger partial charge in [0.15, 0.2) is 0 Å². The first kappa shape index (κ1) is 14.8. The zero-order valence-corrected chi connectivity index (χ0v) is 14.0. The van der Waals surface area contributed by atoms with Crippen LogP contribution in [0, 0.1) is 6.92 Å². The van der Waals surface area contributed by atoms with Gasteiger partial charge in [0.1, 0.15) is 17.6 Å². The van der Waals surface area contributed by atoms with Crippen molar-refractivity contribution in [1.82, 2.24) is 5.32 Å². The zero-order valence-electron chi connectivity index (χ0n) is 11.6. The topological polar surface area (TPSA) is 25.2 Å². The van der Waals surface area contributed by atoms with Crippen molar-refractivity contribution < 1.29 is 4.42 Å². The lowest BCUT2D eigenvalue weighted by molar-refractivity contribution is 0.424. The Morgan fingerprint density at radius 1 is 1.37 bits per heavy atom. The third-order valence-electron chi connectivity index (χ3n) is 3.07. The Balaban J connectivity index is 2.29. The summed E-state index contributed by atoms with van der Waals surface area (Å²) < 4.78 is 7.10. The summed E-state index contributed by atoms with van der Waals surface area (Å²) in [5.74, 6) is 2.06. The Hall–Kier alpha value is -0.580. The fraction of sp³-hybridized carbons (Fsp3) is 0.467. The van der Waals surface area contributed by atoms with Crippen LogP contribution in [-0.2, 0) is 6.42 Å². The van der Waals surface area contributed by atoms with Gasteiger partial charge in [0.25, 0.3) is 0 Å². The molecule has 2 aromatic heterocycles. The molecule has 0 saturated heterocycles. The predicted octanol–water partition coefficient (Wildman–Crippen LogP) is 5.06. The molecule has 1 atom stereocenters. The molecule has 2 heterocycles. The molecule has 1 unspecified atom stereocenters. The Bertz CT molecular complexity index is 512. The van der Waals surface area contributed by atoms with Gasteiger partial charge in [-0.1, -0.05) is 13.8 Å². The molecule has 0 radical (unpaired) electrons. The van der Waals surface area contributed by atoms with Crippen LogP contribution in [-0.4, -0.2) is 6.54 Å². The summed E-state index contributed by atoms with van der Waals surface area (Å²) in [6.45, 7) is 7.42. The molecule has 19 heavy (non-hydrogen) atoms. The first-order valence-electron chi connectivity index (χ1n) is 6.73. The molecule has 0 bridgehead atoms. The standard InChI is InChI=1S/C15H20BrNOS/c1-4-8-17-15(13-7-6-11(5-2)18-13)14-9-12(16)10(3)19-14/h6-7,9,15,17H,4-5,8H2,1-3H3. The number of thiophene rings is 1. The van der Waals surface area contributed by atoms with E-state index in [1.165, 1.54) is 14.2 Å². The highest BCUT2D eigenvalue weighted by Gasteiger charge is 2.20. The Morgan fingerprint density at radius 3 is 2.68 bits per heavy atom.